The molecule has 0 aliphatic carbocycles. The second kappa shape index (κ2) is 3.34. The van der Waals surface area contributed by atoms with Crippen molar-refractivity contribution in [1.82, 2.24) is 0 Å². The van der Waals surface area contributed by atoms with Crippen molar-refractivity contribution in [3.63, 3.8) is 0 Å². The van der Waals surface area contributed by atoms with Crippen molar-refractivity contribution in [3.8, 4) is 0 Å². The van der Waals surface area contributed by atoms with Gasteiger partial charge in [0.25, 0.3) is 0 Å². The molecule has 1 aromatic carbocycles. The summed E-state index contributed by atoms with van der Waals surface area (Å²) in [6, 6.07) is 5.20. The van der Waals surface area contributed by atoms with Gasteiger partial charge in [0, 0.05) is 18.3 Å². The molecule has 3 N–H and O–H groups in total. The van der Waals surface area contributed by atoms with Crippen LogP contribution in [0.1, 0.15) is 12.0 Å². The van der Waals surface area contributed by atoms with Gasteiger partial charge in [-0.2, -0.15) is 0 Å². The molecule has 0 bridgehead atoms. The minimum Gasteiger partial charge on any atom is -0.381 e. The van der Waals surface area contributed by atoms with Crippen LogP contribution in [0.25, 0.3) is 0 Å². The van der Waals surface area contributed by atoms with Crippen LogP contribution >= 0.6 is 0 Å². The molecule has 0 spiro atoms. The van der Waals surface area contributed by atoms with E-state index in [1.165, 1.54) is 6.07 Å². The zero-order valence-electron chi connectivity index (χ0n) is 7.39. The lowest BCUT2D eigenvalue weighted by molar-refractivity contribution is 0.610. The normalized spacial score (nSPS) is 20.6. The lowest BCUT2D eigenvalue weighted by atomic mass is 9.98. The molecule has 0 amide bonds. The number of aryl methyl sites for hydroxylation is 1. The molecule has 0 radical (unpaired) electrons. The molecule has 13 heavy (non-hydrogen) atoms. The fourth-order valence-corrected chi connectivity index (χ4v) is 1.71. The fraction of sp³-hybridized carbons (Fsp3) is 0.400. The summed E-state index contributed by atoms with van der Waals surface area (Å²) >= 11 is 0. The lowest BCUT2D eigenvalue weighted by Crippen LogP contribution is -2.32. The zero-order valence-corrected chi connectivity index (χ0v) is 7.39. The van der Waals surface area contributed by atoms with E-state index in [1.807, 2.05) is 0 Å². The lowest BCUT2D eigenvalue weighted by Gasteiger charge is -2.25. The van der Waals surface area contributed by atoms with Crippen LogP contribution in [0.5, 0.6) is 0 Å². The van der Waals surface area contributed by atoms with Crippen molar-refractivity contribution in [3.05, 3.63) is 29.6 Å². The largest absolute Gasteiger partial charge is 0.381 e. The second-order valence-electron chi connectivity index (χ2n) is 3.42. The Hall–Kier alpha value is -1.09. The Morgan fingerprint density at radius 1 is 1.54 bits per heavy atom. The molecule has 1 unspecified atom stereocenters. The van der Waals surface area contributed by atoms with Crippen LogP contribution in [0.2, 0.25) is 0 Å². The Bertz CT molecular complexity index is 312. The molecule has 1 atom stereocenters. The van der Waals surface area contributed by atoms with E-state index in [2.05, 4.69) is 5.32 Å². The van der Waals surface area contributed by atoms with Gasteiger partial charge in [-0.15, -0.1) is 0 Å². The molecule has 0 saturated heterocycles. The molecule has 2 nitrogen and oxygen atoms in total. The number of nitrogens with two attached hydrogens (primary N) is 1. The number of halogens is 1. The van der Waals surface area contributed by atoms with Crippen molar-refractivity contribution in [1.29, 1.82) is 0 Å². The van der Waals surface area contributed by atoms with Crippen LogP contribution in [0, 0.1) is 5.82 Å². The maximum absolute atomic E-state index is 12.8. The number of fused-ring (bicyclic) bond motifs is 1. The summed E-state index contributed by atoms with van der Waals surface area (Å²) in [6.07, 6.45) is 1.91. The number of rotatable bonds is 1. The first-order valence-electron chi connectivity index (χ1n) is 4.54. The van der Waals surface area contributed by atoms with Crippen molar-refractivity contribution in [2.75, 3.05) is 11.9 Å². The highest BCUT2D eigenvalue weighted by Crippen LogP contribution is 2.24. The molecule has 0 aromatic heterocycles. The topological polar surface area (TPSA) is 38.0 Å². The van der Waals surface area contributed by atoms with Crippen molar-refractivity contribution >= 4 is 5.69 Å². The van der Waals surface area contributed by atoms with Crippen LogP contribution in [-0.4, -0.2) is 12.6 Å². The summed E-state index contributed by atoms with van der Waals surface area (Å²) in [6.45, 7) is 0.636. The minimum absolute atomic E-state index is 0.160. The highest BCUT2D eigenvalue weighted by atomic mass is 19.1. The second-order valence-corrected chi connectivity index (χ2v) is 3.42. The third-order valence-corrected chi connectivity index (χ3v) is 2.47. The highest BCUT2D eigenvalue weighted by Gasteiger charge is 2.16. The Labute approximate surface area is 76.9 Å². The molecular formula is C10H13FN2. The summed E-state index contributed by atoms with van der Waals surface area (Å²) in [5, 5.41) is 3.28. The standard InChI is InChI=1S/C10H13FN2/c11-8-2-4-10-7(5-8)1-3-9(6-12)13-10/h2,4-5,9,13H,1,3,6,12H2. The molecule has 2 rings (SSSR count). The number of hydrogen-bond acceptors (Lipinski definition) is 2. The molecule has 1 aliphatic rings. The van der Waals surface area contributed by atoms with Crippen LogP contribution in [-0.2, 0) is 6.42 Å². The number of anilines is 1. The van der Waals surface area contributed by atoms with Crippen LogP contribution in [0.3, 0.4) is 0 Å². The van der Waals surface area contributed by atoms with Gasteiger partial charge >= 0.3 is 0 Å². The fourth-order valence-electron chi connectivity index (χ4n) is 1.71. The maximum Gasteiger partial charge on any atom is 0.123 e. The monoisotopic (exact) mass is 180 g/mol. The predicted molar refractivity (Wildman–Crippen MR) is 51.2 cm³/mol. The number of nitrogens with one attached hydrogen (secondary N) is 1. The Morgan fingerprint density at radius 2 is 2.38 bits per heavy atom. The van der Waals surface area contributed by atoms with Crippen molar-refractivity contribution in [2.45, 2.75) is 18.9 Å². The van der Waals surface area contributed by atoms with Gasteiger partial charge in [0.2, 0.25) is 0 Å². The first kappa shape index (κ1) is 8.51. The molecule has 1 aromatic rings. The van der Waals surface area contributed by atoms with E-state index in [4.69, 9.17) is 5.73 Å². The third-order valence-electron chi connectivity index (χ3n) is 2.47. The van der Waals surface area contributed by atoms with E-state index in [0.29, 0.717) is 12.6 Å². The van der Waals surface area contributed by atoms with Gasteiger partial charge in [0.1, 0.15) is 5.82 Å². The first-order valence-corrected chi connectivity index (χ1v) is 4.54. The summed E-state index contributed by atoms with van der Waals surface area (Å²) in [7, 11) is 0. The smallest absolute Gasteiger partial charge is 0.123 e. The summed E-state index contributed by atoms with van der Waals surface area (Å²) in [5.41, 5.74) is 7.64. The molecule has 1 heterocycles. The van der Waals surface area contributed by atoms with Crippen molar-refractivity contribution < 1.29 is 4.39 Å². The summed E-state index contributed by atoms with van der Waals surface area (Å²) < 4.78 is 12.8. The number of hydrogen-bond donors (Lipinski definition) is 2. The Balaban J connectivity index is 2.26. The van der Waals surface area contributed by atoms with E-state index in [-0.39, 0.29) is 5.82 Å². The molecule has 1 aliphatic heterocycles. The van der Waals surface area contributed by atoms with E-state index in [9.17, 15) is 4.39 Å². The number of benzene rings is 1. The van der Waals surface area contributed by atoms with Gasteiger partial charge in [0.05, 0.1) is 0 Å². The van der Waals surface area contributed by atoms with Gasteiger partial charge in [0.15, 0.2) is 0 Å². The molecule has 0 fully saturated rings. The predicted octanol–water partition coefficient (Wildman–Crippen LogP) is 1.51. The molecule has 70 valence electrons. The van der Waals surface area contributed by atoms with E-state index >= 15 is 0 Å². The van der Waals surface area contributed by atoms with Crippen molar-refractivity contribution in [2.24, 2.45) is 5.73 Å². The van der Waals surface area contributed by atoms with Crippen LogP contribution < -0.4 is 11.1 Å². The average Bonchev–Trinajstić information content (AvgIpc) is 2.17. The van der Waals surface area contributed by atoms with E-state index in [0.717, 1.165) is 24.1 Å². The average molecular weight is 180 g/mol. The summed E-state index contributed by atoms with van der Waals surface area (Å²) in [5.74, 6) is -0.160. The van der Waals surface area contributed by atoms with Crippen LogP contribution in [0.15, 0.2) is 18.2 Å². The summed E-state index contributed by atoms with van der Waals surface area (Å²) in [4.78, 5) is 0. The van der Waals surface area contributed by atoms with Crippen LogP contribution in [0.4, 0.5) is 10.1 Å². The van der Waals surface area contributed by atoms with Gasteiger partial charge in [-0.3, -0.25) is 0 Å². The highest BCUT2D eigenvalue weighted by molar-refractivity contribution is 5.54. The maximum atomic E-state index is 12.8. The zero-order chi connectivity index (χ0) is 9.26. The van der Waals surface area contributed by atoms with Gasteiger partial charge in [-0.25, -0.2) is 4.39 Å². The SMILES string of the molecule is NCC1CCc2cc(F)ccc2N1. The third kappa shape index (κ3) is 1.65. The quantitative estimate of drug-likeness (QED) is 0.687. The Morgan fingerprint density at radius 3 is 3.15 bits per heavy atom. The minimum atomic E-state index is -0.160. The van der Waals surface area contributed by atoms with Gasteiger partial charge < -0.3 is 11.1 Å². The Kier molecular flexibility index (Phi) is 2.19. The molecule has 0 saturated carbocycles. The molecule has 3 heteroatoms. The first-order chi connectivity index (χ1) is 6.29. The van der Waals surface area contributed by atoms with E-state index < -0.39 is 0 Å². The van der Waals surface area contributed by atoms with Gasteiger partial charge in [-0.05, 0) is 36.6 Å². The van der Waals surface area contributed by atoms with E-state index in [1.54, 1.807) is 12.1 Å². The van der Waals surface area contributed by atoms with Gasteiger partial charge in [-0.1, -0.05) is 0 Å². The molecular weight excluding hydrogens is 167 g/mol.